The first-order chi connectivity index (χ1) is 13.2. The minimum Gasteiger partial charge on any atom is -0.325 e. The number of carbonyl (C=O) groups is 1. The van der Waals surface area contributed by atoms with Crippen LogP contribution in [0.1, 0.15) is 18.1 Å². The fraction of sp³-hybridized carbons (Fsp3) is 0.211. The van der Waals surface area contributed by atoms with Gasteiger partial charge in [-0.25, -0.2) is 4.98 Å². The third-order valence-corrected chi connectivity index (χ3v) is 4.88. The maximum absolute atomic E-state index is 12.6. The highest BCUT2D eigenvalue weighted by atomic mass is 32.2. The molecule has 9 heteroatoms. The first-order valence-corrected chi connectivity index (χ1v) is 9.24. The molecule has 0 aliphatic carbocycles. The zero-order valence-corrected chi connectivity index (χ0v) is 15.9. The van der Waals surface area contributed by atoms with E-state index in [-0.39, 0.29) is 5.91 Å². The molecule has 1 unspecified atom stereocenters. The lowest BCUT2D eigenvalue weighted by molar-refractivity contribution is -0.137. The van der Waals surface area contributed by atoms with Gasteiger partial charge in [0.05, 0.1) is 10.8 Å². The number of aromatic nitrogens is 3. The van der Waals surface area contributed by atoms with Crippen molar-refractivity contribution in [1.29, 1.82) is 0 Å². The zero-order chi connectivity index (χ0) is 20.3. The van der Waals surface area contributed by atoms with Gasteiger partial charge in [0.25, 0.3) is 0 Å². The van der Waals surface area contributed by atoms with Crippen molar-refractivity contribution >= 4 is 23.4 Å². The van der Waals surface area contributed by atoms with Gasteiger partial charge in [-0.15, -0.1) is 5.10 Å². The van der Waals surface area contributed by atoms with Gasteiger partial charge >= 0.3 is 6.18 Å². The molecule has 0 saturated heterocycles. The highest BCUT2D eigenvalue weighted by Gasteiger charge is 2.30. The molecule has 1 aromatic heterocycles. The summed E-state index contributed by atoms with van der Waals surface area (Å²) in [6.07, 6.45) is -4.41. The Hall–Kier alpha value is -2.81. The molecule has 0 aliphatic rings. The lowest BCUT2D eigenvalue weighted by Crippen LogP contribution is -2.22. The molecule has 0 bridgehead atoms. The van der Waals surface area contributed by atoms with Crippen LogP contribution in [0.4, 0.5) is 18.9 Å². The van der Waals surface area contributed by atoms with Crippen molar-refractivity contribution in [2.24, 2.45) is 0 Å². The number of anilines is 1. The quantitative estimate of drug-likeness (QED) is 0.590. The van der Waals surface area contributed by atoms with E-state index in [0.717, 1.165) is 35.0 Å². The molecule has 5 nitrogen and oxygen atoms in total. The predicted octanol–water partition coefficient (Wildman–Crippen LogP) is 4.92. The number of carbonyl (C=O) groups excluding carboxylic acids is 1. The number of rotatable bonds is 5. The number of aryl methyl sites for hydroxylation is 1. The number of halogens is 3. The van der Waals surface area contributed by atoms with Crippen LogP contribution in [0, 0.1) is 6.92 Å². The van der Waals surface area contributed by atoms with Crippen molar-refractivity contribution < 1.29 is 18.0 Å². The topological polar surface area (TPSA) is 70.7 Å². The van der Waals surface area contributed by atoms with Crippen LogP contribution < -0.4 is 5.32 Å². The number of hydrogen-bond donors (Lipinski definition) is 2. The van der Waals surface area contributed by atoms with Crippen molar-refractivity contribution in [1.82, 2.24) is 15.2 Å². The lowest BCUT2D eigenvalue weighted by atomic mass is 10.1. The van der Waals surface area contributed by atoms with Crippen molar-refractivity contribution in [2.75, 3.05) is 5.32 Å². The van der Waals surface area contributed by atoms with Crippen LogP contribution in [0.25, 0.3) is 11.4 Å². The summed E-state index contributed by atoms with van der Waals surface area (Å²) >= 11 is 1.15. The SMILES string of the molecule is Cc1ccc(-c2nc(SC(C)C(=O)Nc3ccc(C(F)(F)F)cc3)n[nH]2)cc1. The van der Waals surface area contributed by atoms with E-state index in [1.165, 1.54) is 12.1 Å². The molecule has 28 heavy (non-hydrogen) atoms. The van der Waals surface area contributed by atoms with Gasteiger partial charge in [-0.05, 0) is 38.1 Å². The van der Waals surface area contributed by atoms with E-state index in [9.17, 15) is 18.0 Å². The summed E-state index contributed by atoms with van der Waals surface area (Å²) in [6.45, 7) is 3.66. The lowest BCUT2D eigenvalue weighted by Gasteiger charge is -2.11. The highest BCUT2D eigenvalue weighted by molar-refractivity contribution is 8.00. The summed E-state index contributed by atoms with van der Waals surface area (Å²) in [4.78, 5) is 16.7. The van der Waals surface area contributed by atoms with Gasteiger partial charge in [0.2, 0.25) is 11.1 Å². The molecule has 1 heterocycles. The standard InChI is InChI=1S/C19H17F3N4OS/c1-11-3-5-13(6-4-11)16-24-18(26-25-16)28-12(2)17(27)23-15-9-7-14(8-10-15)19(20,21)22/h3-10,12H,1-2H3,(H,23,27)(H,24,25,26). The molecule has 0 fully saturated rings. The molecule has 2 aromatic carbocycles. The number of amides is 1. The third kappa shape index (κ3) is 4.92. The predicted molar refractivity (Wildman–Crippen MR) is 102 cm³/mol. The Morgan fingerprint density at radius 1 is 1.11 bits per heavy atom. The molecule has 0 spiro atoms. The van der Waals surface area contributed by atoms with Crippen LogP contribution in [0.15, 0.2) is 53.7 Å². The largest absolute Gasteiger partial charge is 0.416 e. The maximum Gasteiger partial charge on any atom is 0.416 e. The Labute approximate surface area is 163 Å². The Morgan fingerprint density at radius 3 is 2.36 bits per heavy atom. The summed E-state index contributed by atoms with van der Waals surface area (Å²) in [5, 5.41) is 9.40. The Morgan fingerprint density at radius 2 is 1.75 bits per heavy atom. The van der Waals surface area contributed by atoms with Gasteiger partial charge in [-0.3, -0.25) is 9.89 Å². The van der Waals surface area contributed by atoms with Crippen LogP contribution in [-0.4, -0.2) is 26.3 Å². The molecule has 0 radical (unpaired) electrons. The van der Waals surface area contributed by atoms with E-state index in [0.29, 0.717) is 16.7 Å². The summed E-state index contributed by atoms with van der Waals surface area (Å²) in [6, 6.07) is 12.1. The van der Waals surface area contributed by atoms with Crippen LogP contribution in [0.2, 0.25) is 0 Å². The van der Waals surface area contributed by atoms with Crippen molar-refractivity contribution in [3.8, 4) is 11.4 Å². The van der Waals surface area contributed by atoms with E-state index in [1.807, 2.05) is 31.2 Å². The molecule has 1 atom stereocenters. The van der Waals surface area contributed by atoms with Gasteiger partial charge in [0, 0.05) is 11.3 Å². The number of aromatic amines is 1. The molecule has 0 saturated carbocycles. The molecule has 3 rings (SSSR count). The minimum atomic E-state index is -4.41. The van der Waals surface area contributed by atoms with Crippen LogP contribution >= 0.6 is 11.8 Å². The van der Waals surface area contributed by atoms with Crippen molar-refractivity contribution in [3.63, 3.8) is 0 Å². The van der Waals surface area contributed by atoms with E-state index in [4.69, 9.17) is 0 Å². The fourth-order valence-electron chi connectivity index (χ4n) is 2.34. The molecule has 3 aromatic rings. The molecule has 146 valence electrons. The van der Waals surface area contributed by atoms with Crippen LogP contribution in [0.5, 0.6) is 0 Å². The van der Waals surface area contributed by atoms with E-state index < -0.39 is 17.0 Å². The van der Waals surface area contributed by atoms with Crippen LogP contribution in [0.3, 0.4) is 0 Å². The minimum absolute atomic E-state index is 0.292. The number of nitrogens with one attached hydrogen (secondary N) is 2. The number of H-pyrrole nitrogens is 1. The van der Waals surface area contributed by atoms with Gasteiger partial charge in [0.15, 0.2) is 5.82 Å². The molecular formula is C19H17F3N4OS. The Kier molecular flexibility index (Phi) is 5.73. The second-order valence-corrected chi connectivity index (χ2v) is 7.47. The van der Waals surface area contributed by atoms with Gasteiger partial charge < -0.3 is 5.32 Å². The Balaban J connectivity index is 1.61. The fourth-order valence-corrected chi connectivity index (χ4v) is 3.06. The summed E-state index contributed by atoms with van der Waals surface area (Å²) in [5.74, 6) is 0.240. The number of nitrogens with zero attached hydrogens (tertiary/aromatic N) is 2. The number of hydrogen-bond acceptors (Lipinski definition) is 4. The smallest absolute Gasteiger partial charge is 0.325 e. The number of benzene rings is 2. The monoisotopic (exact) mass is 406 g/mol. The second-order valence-electron chi connectivity index (χ2n) is 6.16. The molecular weight excluding hydrogens is 389 g/mol. The molecule has 0 aliphatic heterocycles. The first-order valence-electron chi connectivity index (χ1n) is 8.36. The number of thioether (sulfide) groups is 1. The average Bonchev–Trinajstić information content (AvgIpc) is 3.10. The van der Waals surface area contributed by atoms with E-state index in [2.05, 4.69) is 20.5 Å². The molecule has 2 N–H and O–H groups in total. The summed E-state index contributed by atoms with van der Waals surface area (Å²) in [5.41, 5.74) is 1.54. The van der Waals surface area contributed by atoms with Gasteiger partial charge in [-0.1, -0.05) is 41.6 Å². The number of alkyl halides is 3. The van der Waals surface area contributed by atoms with Crippen molar-refractivity contribution in [3.05, 3.63) is 59.7 Å². The summed E-state index contributed by atoms with van der Waals surface area (Å²) < 4.78 is 37.8. The van der Waals surface area contributed by atoms with Crippen LogP contribution in [-0.2, 0) is 11.0 Å². The van der Waals surface area contributed by atoms with E-state index >= 15 is 0 Å². The normalized spacial score (nSPS) is 12.6. The second kappa shape index (κ2) is 8.05. The first kappa shape index (κ1) is 19.9. The Bertz CT molecular complexity index is 953. The van der Waals surface area contributed by atoms with Crippen molar-refractivity contribution in [2.45, 2.75) is 30.4 Å². The average molecular weight is 406 g/mol. The third-order valence-electron chi connectivity index (χ3n) is 3.92. The molecule has 1 amide bonds. The zero-order valence-electron chi connectivity index (χ0n) is 15.0. The summed E-state index contributed by atoms with van der Waals surface area (Å²) in [7, 11) is 0. The van der Waals surface area contributed by atoms with Gasteiger partial charge in [0.1, 0.15) is 0 Å². The maximum atomic E-state index is 12.6. The van der Waals surface area contributed by atoms with E-state index in [1.54, 1.807) is 6.92 Å². The van der Waals surface area contributed by atoms with Gasteiger partial charge in [-0.2, -0.15) is 13.2 Å². The highest BCUT2D eigenvalue weighted by Crippen LogP contribution is 2.30.